The van der Waals surface area contributed by atoms with Gasteiger partial charge in [0.25, 0.3) is 0 Å². The van der Waals surface area contributed by atoms with E-state index in [1.165, 1.54) is 6.21 Å². The number of hydrogen-bond donors (Lipinski definition) is 1. The lowest BCUT2D eigenvalue weighted by Gasteiger charge is -2.11. The molecule has 0 spiro atoms. The summed E-state index contributed by atoms with van der Waals surface area (Å²) in [6, 6.07) is 4.87. The number of hydrogen-bond acceptors (Lipinski definition) is 6. The minimum Gasteiger partial charge on any atom is -0.506 e. The molecule has 1 aliphatic rings. The number of allylic oxidation sites excluding steroid dienone is 1. The van der Waals surface area contributed by atoms with E-state index in [2.05, 4.69) is 21.1 Å². The molecule has 6 nitrogen and oxygen atoms in total. The SMILES string of the molecule is CCON=CC(C(=O)C1CC1)=C(O)c1ccc(Br)cc1CS(C)(=O)=O. The second kappa shape index (κ2) is 8.14. The van der Waals surface area contributed by atoms with E-state index in [1.807, 2.05) is 0 Å². The molecular formula is C17H20BrNO5S. The van der Waals surface area contributed by atoms with Crippen molar-refractivity contribution in [3.63, 3.8) is 0 Å². The molecule has 1 aromatic rings. The molecule has 1 aliphatic carbocycles. The van der Waals surface area contributed by atoms with Gasteiger partial charge in [-0.2, -0.15) is 0 Å². The van der Waals surface area contributed by atoms with Crippen molar-refractivity contribution in [3.8, 4) is 0 Å². The van der Waals surface area contributed by atoms with Crippen LogP contribution in [0.5, 0.6) is 0 Å². The number of sulfone groups is 1. The monoisotopic (exact) mass is 429 g/mol. The average molecular weight is 430 g/mol. The molecule has 1 saturated carbocycles. The van der Waals surface area contributed by atoms with Gasteiger partial charge in [0.1, 0.15) is 12.4 Å². The van der Waals surface area contributed by atoms with Crippen molar-refractivity contribution in [2.75, 3.05) is 12.9 Å². The largest absolute Gasteiger partial charge is 0.506 e. The van der Waals surface area contributed by atoms with Gasteiger partial charge in [-0.05, 0) is 43.5 Å². The lowest BCUT2D eigenvalue weighted by molar-refractivity contribution is -0.116. The highest BCUT2D eigenvalue weighted by Gasteiger charge is 2.33. The molecule has 2 rings (SSSR count). The van der Waals surface area contributed by atoms with Gasteiger partial charge < -0.3 is 9.94 Å². The zero-order valence-corrected chi connectivity index (χ0v) is 16.4. The Kier molecular flexibility index (Phi) is 6.40. The van der Waals surface area contributed by atoms with Crippen LogP contribution in [-0.2, 0) is 25.2 Å². The Hall–Kier alpha value is -1.67. The maximum atomic E-state index is 12.5. The molecule has 25 heavy (non-hydrogen) atoms. The number of Topliss-reactive ketones (excluding diaryl/α,β-unsaturated/α-hetero) is 1. The van der Waals surface area contributed by atoms with Crippen molar-refractivity contribution in [1.82, 2.24) is 0 Å². The number of aliphatic hydroxyl groups is 1. The number of ketones is 1. The van der Waals surface area contributed by atoms with Crippen molar-refractivity contribution < 1.29 is 23.2 Å². The molecule has 1 fully saturated rings. The third-order valence-electron chi connectivity index (χ3n) is 3.59. The highest BCUT2D eigenvalue weighted by molar-refractivity contribution is 9.10. The molecule has 1 N–H and O–H groups in total. The van der Waals surface area contributed by atoms with E-state index in [0.717, 1.165) is 19.1 Å². The Labute approximate surface area is 155 Å². The predicted molar refractivity (Wildman–Crippen MR) is 100 cm³/mol. The molecule has 0 atom stereocenters. The van der Waals surface area contributed by atoms with Crippen LogP contribution in [0.2, 0.25) is 0 Å². The third-order valence-corrected chi connectivity index (χ3v) is 4.92. The molecule has 0 radical (unpaired) electrons. The molecule has 0 bridgehead atoms. The van der Waals surface area contributed by atoms with Gasteiger partial charge in [0.05, 0.1) is 17.5 Å². The number of benzene rings is 1. The lowest BCUT2D eigenvalue weighted by Crippen LogP contribution is -2.11. The number of halogens is 1. The van der Waals surface area contributed by atoms with Gasteiger partial charge in [0.15, 0.2) is 15.6 Å². The predicted octanol–water partition coefficient (Wildman–Crippen LogP) is 3.26. The van der Waals surface area contributed by atoms with Crippen LogP contribution in [0.4, 0.5) is 0 Å². The van der Waals surface area contributed by atoms with Crippen molar-refractivity contribution in [3.05, 3.63) is 39.4 Å². The standard InChI is InChI=1S/C17H20BrNO5S/c1-3-24-19-9-15(16(20)11-4-5-11)17(21)14-7-6-13(18)8-12(14)10-25(2,22)23/h6-9,11,21H,3-5,10H2,1-2H3. The van der Waals surface area contributed by atoms with Gasteiger partial charge in [-0.25, -0.2) is 8.42 Å². The average Bonchev–Trinajstić information content (AvgIpc) is 3.34. The zero-order chi connectivity index (χ0) is 18.6. The zero-order valence-electron chi connectivity index (χ0n) is 14.0. The van der Waals surface area contributed by atoms with E-state index in [9.17, 15) is 18.3 Å². The number of rotatable bonds is 8. The fraction of sp³-hybridized carbons (Fsp3) is 0.412. The minimum absolute atomic E-state index is 0.0352. The first-order chi connectivity index (χ1) is 11.7. The molecule has 0 saturated heterocycles. The van der Waals surface area contributed by atoms with Gasteiger partial charge in [-0.1, -0.05) is 21.1 Å². The maximum Gasteiger partial charge on any atom is 0.171 e. The fourth-order valence-corrected chi connectivity index (χ4v) is 3.52. The van der Waals surface area contributed by atoms with E-state index >= 15 is 0 Å². The van der Waals surface area contributed by atoms with E-state index in [4.69, 9.17) is 4.84 Å². The van der Waals surface area contributed by atoms with Crippen LogP contribution in [0.15, 0.2) is 33.4 Å². The second-order valence-electron chi connectivity index (χ2n) is 5.92. The summed E-state index contributed by atoms with van der Waals surface area (Å²) in [7, 11) is -3.32. The minimum atomic E-state index is -3.32. The number of aliphatic hydroxyl groups excluding tert-OH is 1. The van der Waals surface area contributed by atoms with Crippen molar-refractivity contribution in [1.29, 1.82) is 0 Å². The van der Waals surface area contributed by atoms with Crippen LogP contribution in [0, 0.1) is 5.92 Å². The molecule has 0 unspecified atom stereocenters. The van der Waals surface area contributed by atoms with Crippen molar-refractivity contribution >= 4 is 43.5 Å². The molecule has 0 aromatic heterocycles. The Morgan fingerprint density at radius 1 is 1.44 bits per heavy atom. The third kappa shape index (κ3) is 5.67. The maximum absolute atomic E-state index is 12.5. The summed E-state index contributed by atoms with van der Waals surface area (Å²) in [6.45, 7) is 2.09. The molecule has 136 valence electrons. The van der Waals surface area contributed by atoms with Crippen molar-refractivity contribution in [2.45, 2.75) is 25.5 Å². The summed E-state index contributed by atoms with van der Waals surface area (Å²) < 4.78 is 24.1. The normalized spacial score (nSPS) is 16.0. The van der Waals surface area contributed by atoms with E-state index in [0.29, 0.717) is 22.2 Å². The highest BCUT2D eigenvalue weighted by atomic mass is 79.9. The molecule has 0 aliphatic heterocycles. The molecule has 0 heterocycles. The number of carbonyl (C=O) groups is 1. The molecule has 0 amide bonds. The van der Waals surface area contributed by atoms with Crippen LogP contribution in [0.1, 0.15) is 30.9 Å². The summed E-state index contributed by atoms with van der Waals surface area (Å²) in [5.41, 5.74) is 0.730. The van der Waals surface area contributed by atoms with Gasteiger partial charge in [-0.15, -0.1) is 0 Å². The first kappa shape index (κ1) is 19.7. The van der Waals surface area contributed by atoms with Crippen LogP contribution >= 0.6 is 15.9 Å². The highest BCUT2D eigenvalue weighted by Crippen LogP contribution is 2.34. The Morgan fingerprint density at radius 3 is 2.68 bits per heavy atom. The lowest BCUT2D eigenvalue weighted by atomic mass is 10.00. The number of carbonyl (C=O) groups excluding carboxylic acids is 1. The quantitative estimate of drug-likeness (QED) is 0.296. The van der Waals surface area contributed by atoms with Crippen LogP contribution in [0.25, 0.3) is 5.76 Å². The van der Waals surface area contributed by atoms with Gasteiger partial charge in [0.2, 0.25) is 0 Å². The van der Waals surface area contributed by atoms with E-state index in [-0.39, 0.29) is 28.8 Å². The molecule has 8 heteroatoms. The van der Waals surface area contributed by atoms with E-state index < -0.39 is 9.84 Å². The topological polar surface area (TPSA) is 93.0 Å². The summed E-state index contributed by atoms with van der Waals surface area (Å²) in [6.07, 6.45) is 3.86. The van der Waals surface area contributed by atoms with Crippen molar-refractivity contribution in [2.24, 2.45) is 11.1 Å². The van der Waals surface area contributed by atoms with Gasteiger partial charge in [-0.3, -0.25) is 4.79 Å². The Balaban J connectivity index is 2.53. The number of oxime groups is 1. The van der Waals surface area contributed by atoms with Crippen LogP contribution < -0.4 is 0 Å². The van der Waals surface area contributed by atoms with Crippen LogP contribution in [0.3, 0.4) is 0 Å². The fourth-order valence-electron chi connectivity index (χ4n) is 2.31. The molecule has 1 aromatic carbocycles. The van der Waals surface area contributed by atoms with E-state index in [1.54, 1.807) is 25.1 Å². The number of nitrogens with zero attached hydrogens (tertiary/aromatic N) is 1. The van der Waals surface area contributed by atoms with Gasteiger partial charge >= 0.3 is 0 Å². The smallest absolute Gasteiger partial charge is 0.171 e. The first-order valence-electron chi connectivity index (χ1n) is 7.82. The Bertz CT molecular complexity index is 825. The van der Waals surface area contributed by atoms with Gasteiger partial charge in [0, 0.05) is 22.2 Å². The summed E-state index contributed by atoms with van der Waals surface area (Å²) in [5.74, 6) is -0.876. The summed E-state index contributed by atoms with van der Waals surface area (Å²) in [5, 5.41) is 14.4. The molecular weight excluding hydrogens is 410 g/mol. The second-order valence-corrected chi connectivity index (χ2v) is 8.98. The Morgan fingerprint density at radius 2 is 2.12 bits per heavy atom. The van der Waals surface area contributed by atoms with Crippen LogP contribution in [-0.4, -0.2) is 38.4 Å². The first-order valence-corrected chi connectivity index (χ1v) is 10.7. The summed E-state index contributed by atoms with van der Waals surface area (Å²) >= 11 is 3.30. The summed E-state index contributed by atoms with van der Waals surface area (Å²) in [4.78, 5) is 17.4.